The van der Waals surface area contributed by atoms with Gasteiger partial charge >= 0.3 is 0 Å². The van der Waals surface area contributed by atoms with Crippen molar-refractivity contribution in [3.8, 4) is 22.9 Å². The van der Waals surface area contributed by atoms with Gasteiger partial charge in [-0.05, 0) is 67.8 Å². The van der Waals surface area contributed by atoms with Crippen LogP contribution in [0.2, 0.25) is 0 Å². The Balaban J connectivity index is 1.30. The van der Waals surface area contributed by atoms with Gasteiger partial charge in [-0.2, -0.15) is 0 Å². The summed E-state index contributed by atoms with van der Waals surface area (Å²) in [6, 6.07) is 16.5. The van der Waals surface area contributed by atoms with Crippen molar-refractivity contribution in [1.29, 1.82) is 0 Å². The third-order valence-electron chi connectivity index (χ3n) is 7.67. The van der Waals surface area contributed by atoms with Crippen LogP contribution in [0.1, 0.15) is 36.0 Å². The number of halogens is 3. The number of benzene rings is 3. The van der Waals surface area contributed by atoms with Crippen LogP contribution >= 0.6 is 0 Å². The lowest BCUT2D eigenvalue weighted by atomic mass is 10.0. The number of alkyl halides is 2. The van der Waals surface area contributed by atoms with E-state index >= 15 is 4.39 Å². The standard InChI is InChI=1S/C33H31F3N6O3S/c1-20-6-11-24-25(12-13-27(34)29(24)42-46(43,44)19-21-7-9-22(10-8-21)31(35)36)30(20)45-32-26(5-3-16-38-32)28-14-17-39-33(41-28)40-23-4-2-15-37-18-23/h3,5-14,16-17,23,31,37,42H,2,4,15,18-19H2,1H3,(H,39,40,41). The second-order valence-electron chi connectivity index (χ2n) is 11.0. The number of ether oxygens (including phenoxy) is 1. The van der Waals surface area contributed by atoms with Crippen LogP contribution in [-0.4, -0.2) is 42.5 Å². The van der Waals surface area contributed by atoms with Gasteiger partial charge in [0.25, 0.3) is 6.43 Å². The van der Waals surface area contributed by atoms with Gasteiger partial charge in [-0.25, -0.2) is 36.5 Å². The second kappa shape index (κ2) is 13.3. The summed E-state index contributed by atoms with van der Waals surface area (Å²) in [5.41, 5.74) is 1.70. The molecule has 1 aliphatic heterocycles. The predicted molar refractivity (Wildman–Crippen MR) is 171 cm³/mol. The van der Waals surface area contributed by atoms with E-state index in [0.29, 0.717) is 33.9 Å². The molecule has 46 heavy (non-hydrogen) atoms. The maximum absolute atomic E-state index is 15.2. The minimum absolute atomic E-state index is 0.213. The molecule has 1 saturated heterocycles. The van der Waals surface area contributed by atoms with Gasteiger partial charge in [0.15, 0.2) is 0 Å². The number of fused-ring (bicyclic) bond motifs is 1. The fraction of sp³-hybridized carbons (Fsp3) is 0.242. The summed E-state index contributed by atoms with van der Waals surface area (Å²) in [5.74, 6) is -0.223. The summed E-state index contributed by atoms with van der Waals surface area (Å²) in [6.45, 7) is 3.63. The fourth-order valence-corrected chi connectivity index (χ4v) is 6.59. The van der Waals surface area contributed by atoms with Crippen LogP contribution in [0.4, 0.5) is 24.8 Å². The maximum Gasteiger partial charge on any atom is 0.263 e. The number of anilines is 2. The summed E-state index contributed by atoms with van der Waals surface area (Å²) < 4.78 is 76.0. The molecule has 0 saturated carbocycles. The molecule has 0 aliphatic carbocycles. The number of hydrogen-bond acceptors (Lipinski definition) is 8. The van der Waals surface area contributed by atoms with Gasteiger partial charge in [-0.3, -0.25) is 4.72 Å². The largest absolute Gasteiger partial charge is 0.437 e. The Labute approximate surface area is 264 Å². The van der Waals surface area contributed by atoms with E-state index < -0.39 is 28.0 Å². The summed E-state index contributed by atoms with van der Waals surface area (Å²) in [6.07, 6.45) is 2.65. The highest BCUT2D eigenvalue weighted by atomic mass is 32.2. The van der Waals surface area contributed by atoms with Crippen LogP contribution < -0.4 is 20.1 Å². The molecule has 3 aromatic carbocycles. The smallest absolute Gasteiger partial charge is 0.263 e. The van der Waals surface area contributed by atoms with Crippen LogP contribution in [0.25, 0.3) is 22.0 Å². The molecule has 0 bridgehead atoms. The van der Waals surface area contributed by atoms with E-state index in [1.807, 2.05) is 13.0 Å². The highest BCUT2D eigenvalue weighted by Gasteiger charge is 2.21. The van der Waals surface area contributed by atoms with E-state index in [0.717, 1.165) is 32.0 Å². The van der Waals surface area contributed by atoms with Crippen LogP contribution in [-0.2, 0) is 15.8 Å². The minimum atomic E-state index is -4.13. The number of aryl methyl sites for hydroxylation is 1. The molecule has 5 aromatic rings. The lowest BCUT2D eigenvalue weighted by molar-refractivity contribution is 0.151. The van der Waals surface area contributed by atoms with Crippen molar-refractivity contribution in [3.05, 3.63) is 102 Å². The molecule has 0 amide bonds. The Kier molecular flexibility index (Phi) is 9.04. The molecule has 1 aliphatic rings. The molecule has 6 rings (SSSR count). The van der Waals surface area contributed by atoms with Crippen molar-refractivity contribution in [2.75, 3.05) is 23.1 Å². The Bertz CT molecular complexity index is 1970. The molecule has 9 nitrogen and oxygen atoms in total. The van der Waals surface area contributed by atoms with Crippen molar-refractivity contribution in [3.63, 3.8) is 0 Å². The lowest BCUT2D eigenvalue weighted by Crippen LogP contribution is -2.38. The number of aromatic nitrogens is 3. The molecule has 238 valence electrons. The molecular formula is C33H31F3N6O3S. The zero-order valence-corrected chi connectivity index (χ0v) is 25.6. The summed E-state index contributed by atoms with van der Waals surface area (Å²) in [5, 5.41) is 7.46. The summed E-state index contributed by atoms with van der Waals surface area (Å²) in [4.78, 5) is 13.5. The quantitative estimate of drug-likeness (QED) is 0.149. The lowest BCUT2D eigenvalue weighted by Gasteiger charge is -2.23. The Morgan fingerprint density at radius 3 is 2.57 bits per heavy atom. The molecular weight excluding hydrogens is 617 g/mol. The average Bonchev–Trinajstić information content (AvgIpc) is 3.04. The van der Waals surface area contributed by atoms with Gasteiger partial charge in [0.2, 0.25) is 21.9 Å². The van der Waals surface area contributed by atoms with E-state index in [4.69, 9.17) is 9.72 Å². The Morgan fingerprint density at radius 2 is 1.80 bits per heavy atom. The third-order valence-corrected chi connectivity index (χ3v) is 8.90. The molecule has 13 heteroatoms. The predicted octanol–water partition coefficient (Wildman–Crippen LogP) is 6.98. The number of nitrogens with zero attached hydrogens (tertiary/aromatic N) is 3. The zero-order valence-electron chi connectivity index (χ0n) is 24.8. The molecule has 1 atom stereocenters. The van der Waals surface area contributed by atoms with Gasteiger partial charge in [0.05, 0.1) is 22.7 Å². The topological polar surface area (TPSA) is 118 Å². The van der Waals surface area contributed by atoms with Crippen LogP contribution in [0.3, 0.4) is 0 Å². The molecule has 3 N–H and O–H groups in total. The first-order valence-corrected chi connectivity index (χ1v) is 16.3. The van der Waals surface area contributed by atoms with Crippen molar-refractivity contribution >= 4 is 32.4 Å². The van der Waals surface area contributed by atoms with E-state index in [-0.39, 0.29) is 34.1 Å². The van der Waals surface area contributed by atoms with Crippen LogP contribution in [0, 0.1) is 12.7 Å². The third kappa shape index (κ3) is 7.05. The Hall–Kier alpha value is -4.75. The van der Waals surface area contributed by atoms with Gasteiger partial charge in [0, 0.05) is 41.3 Å². The first-order valence-electron chi connectivity index (χ1n) is 14.7. The summed E-state index contributed by atoms with van der Waals surface area (Å²) in [7, 11) is -4.13. The van der Waals surface area contributed by atoms with Crippen LogP contribution in [0.15, 0.2) is 79.1 Å². The number of nitrogens with one attached hydrogen (secondary N) is 3. The SMILES string of the molecule is Cc1ccc2c(NS(=O)(=O)Cc3ccc(C(F)F)cc3)c(F)ccc2c1Oc1ncccc1-c1ccnc(NC2CCCNC2)n1. The molecule has 1 unspecified atom stereocenters. The van der Waals surface area contributed by atoms with Gasteiger partial charge in [0.1, 0.15) is 11.6 Å². The number of hydrogen-bond donors (Lipinski definition) is 3. The molecule has 1 fully saturated rings. The number of pyridine rings is 1. The van der Waals surface area contributed by atoms with E-state index in [1.54, 1.807) is 36.7 Å². The highest BCUT2D eigenvalue weighted by molar-refractivity contribution is 7.91. The Morgan fingerprint density at radius 1 is 1.00 bits per heavy atom. The van der Waals surface area contributed by atoms with Gasteiger partial charge in [-0.1, -0.05) is 36.4 Å². The monoisotopic (exact) mass is 648 g/mol. The van der Waals surface area contributed by atoms with Crippen molar-refractivity contribution in [1.82, 2.24) is 20.3 Å². The first kappa shape index (κ1) is 31.2. The number of sulfonamides is 1. The number of rotatable bonds is 10. The average molecular weight is 649 g/mol. The van der Waals surface area contributed by atoms with E-state index in [1.165, 1.54) is 30.3 Å². The van der Waals surface area contributed by atoms with Crippen molar-refractivity contribution in [2.24, 2.45) is 0 Å². The second-order valence-corrected chi connectivity index (χ2v) is 12.8. The normalized spacial score (nSPS) is 15.2. The molecule has 0 spiro atoms. The molecule has 3 heterocycles. The van der Waals surface area contributed by atoms with Gasteiger partial charge in [-0.15, -0.1) is 0 Å². The number of piperidine rings is 1. The van der Waals surface area contributed by atoms with Crippen LogP contribution in [0.5, 0.6) is 11.6 Å². The van der Waals surface area contributed by atoms with Gasteiger partial charge < -0.3 is 15.4 Å². The molecule has 2 aromatic heterocycles. The highest BCUT2D eigenvalue weighted by Crippen LogP contribution is 2.40. The zero-order chi connectivity index (χ0) is 32.3. The van der Waals surface area contributed by atoms with Crippen molar-refractivity contribution in [2.45, 2.75) is 38.0 Å². The molecule has 0 radical (unpaired) electrons. The van der Waals surface area contributed by atoms with E-state index in [2.05, 4.69) is 25.3 Å². The summed E-state index contributed by atoms with van der Waals surface area (Å²) >= 11 is 0. The van der Waals surface area contributed by atoms with Crippen molar-refractivity contribution < 1.29 is 26.3 Å². The fourth-order valence-electron chi connectivity index (χ4n) is 5.37. The maximum atomic E-state index is 15.2. The van der Waals surface area contributed by atoms with E-state index in [9.17, 15) is 17.2 Å². The first-order chi connectivity index (χ1) is 22.2. The minimum Gasteiger partial charge on any atom is -0.437 e.